The Labute approximate surface area is 100 Å². The molecule has 1 nitrogen and oxygen atoms in total. The van der Waals surface area contributed by atoms with Crippen molar-refractivity contribution in [2.45, 2.75) is 6.54 Å². The first-order chi connectivity index (χ1) is 7.25. The van der Waals surface area contributed by atoms with Gasteiger partial charge >= 0.3 is 0 Å². The maximum Gasteiger partial charge on any atom is 0.137 e. The van der Waals surface area contributed by atoms with E-state index >= 15 is 0 Å². The molecule has 2 aromatic rings. The van der Waals surface area contributed by atoms with Crippen LogP contribution in [0.2, 0.25) is 0 Å². The zero-order chi connectivity index (χ0) is 10.7. The second-order valence-electron chi connectivity index (χ2n) is 3.06. The Morgan fingerprint density at radius 1 is 1.33 bits per heavy atom. The number of halogens is 2. The Bertz CT molecular complexity index is 442. The maximum absolute atomic E-state index is 12.9. The third kappa shape index (κ3) is 2.79. The van der Waals surface area contributed by atoms with Crippen LogP contribution in [0.25, 0.3) is 0 Å². The minimum absolute atomic E-state index is 0.239. The van der Waals surface area contributed by atoms with Gasteiger partial charge < -0.3 is 5.32 Å². The maximum atomic E-state index is 12.9. The normalized spacial score (nSPS) is 10.3. The molecule has 0 aliphatic carbocycles. The largest absolute Gasteiger partial charge is 0.380 e. The van der Waals surface area contributed by atoms with Gasteiger partial charge in [-0.2, -0.15) is 0 Å². The van der Waals surface area contributed by atoms with Crippen molar-refractivity contribution in [1.82, 2.24) is 0 Å². The van der Waals surface area contributed by atoms with E-state index in [-0.39, 0.29) is 5.82 Å². The Morgan fingerprint density at radius 3 is 2.87 bits per heavy atom. The fourth-order valence-corrected chi connectivity index (χ4v) is 2.23. The number of thiophene rings is 1. The lowest BCUT2D eigenvalue weighted by Crippen LogP contribution is -1.97. The standard InChI is InChI=1S/C11H9BrFNS/c12-10-6-8(3-4-11(10)13)14-7-9-2-1-5-15-9/h1-6,14H,7H2. The van der Waals surface area contributed by atoms with E-state index in [1.165, 1.54) is 10.9 Å². The molecule has 0 spiro atoms. The molecular weight excluding hydrogens is 277 g/mol. The van der Waals surface area contributed by atoms with Crippen LogP contribution in [0.3, 0.4) is 0 Å². The lowest BCUT2D eigenvalue weighted by Gasteiger charge is -2.05. The highest BCUT2D eigenvalue weighted by molar-refractivity contribution is 9.10. The number of rotatable bonds is 3. The average Bonchev–Trinajstić information content (AvgIpc) is 2.73. The van der Waals surface area contributed by atoms with Gasteiger partial charge in [0.25, 0.3) is 0 Å². The molecule has 78 valence electrons. The Balaban J connectivity index is 2.02. The Morgan fingerprint density at radius 2 is 2.20 bits per heavy atom. The van der Waals surface area contributed by atoms with Crippen LogP contribution in [-0.4, -0.2) is 0 Å². The third-order valence-corrected chi connectivity index (χ3v) is 3.45. The number of hydrogen-bond acceptors (Lipinski definition) is 2. The van der Waals surface area contributed by atoms with Crippen molar-refractivity contribution in [3.05, 3.63) is 50.9 Å². The lowest BCUT2D eigenvalue weighted by molar-refractivity contribution is 0.621. The molecule has 1 N–H and O–H groups in total. The fraction of sp³-hybridized carbons (Fsp3) is 0.0909. The topological polar surface area (TPSA) is 12.0 Å². The van der Waals surface area contributed by atoms with Crippen molar-refractivity contribution in [1.29, 1.82) is 0 Å². The van der Waals surface area contributed by atoms with Crippen molar-refractivity contribution in [2.24, 2.45) is 0 Å². The van der Waals surface area contributed by atoms with E-state index in [9.17, 15) is 4.39 Å². The SMILES string of the molecule is Fc1ccc(NCc2cccs2)cc1Br. The second kappa shape index (κ2) is 4.77. The molecule has 0 saturated carbocycles. The first-order valence-corrected chi connectivity index (χ1v) is 6.14. The molecule has 0 radical (unpaired) electrons. The summed E-state index contributed by atoms with van der Waals surface area (Å²) in [4.78, 5) is 1.26. The van der Waals surface area contributed by atoms with Crippen molar-refractivity contribution < 1.29 is 4.39 Å². The van der Waals surface area contributed by atoms with Gasteiger partial charge in [0.05, 0.1) is 4.47 Å². The summed E-state index contributed by atoms with van der Waals surface area (Å²) in [6.07, 6.45) is 0. The lowest BCUT2D eigenvalue weighted by atomic mass is 10.3. The van der Waals surface area contributed by atoms with E-state index in [1.807, 2.05) is 11.4 Å². The average molecular weight is 286 g/mol. The second-order valence-corrected chi connectivity index (χ2v) is 4.95. The molecule has 0 aliphatic heterocycles. The summed E-state index contributed by atoms with van der Waals surface area (Å²) in [7, 11) is 0. The molecule has 0 bridgehead atoms. The van der Waals surface area contributed by atoms with Gasteiger partial charge in [-0.25, -0.2) is 4.39 Å². The van der Waals surface area contributed by atoms with Gasteiger partial charge in [0.15, 0.2) is 0 Å². The van der Waals surface area contributed by atoms with E-state index in [0.29, 0.717) is 4.47 Å². The molecule has 0 unspecified atom stereocenters. The Hall–Kier alpha value is -0.870. The molecular formula is C11H9BrFNS. The molecule has 0 saturated heterocycles. The van der Waals surface area contributed by atoms with Gasteiger partial charge in [-0.1, -0.05) is 6.07 Å². The van der Waals surface area contributed by atoms with Crippen molar-refractivity contribution >= 4 is 33.0 Å². The molecule has 0 amide bonds. The number of benzene rings is 1. The van der Waals surface area contributed by atoms with Crippen LogP contribution in [0.1, 0.15) is 4.88 Å². The quantitative estimate of drug-likeness (QED) is 0.888. The number of hydrogen-bond donors (Lipinski definition) is 1. The number of nitrogens with one attached hydrogen (secondary N) is 1. The van der Waals surface area contributed by atoms with Crippen LogP contribution in [0.15, 0.2) is 40.2 Å². The highest BCUT2D eigenvalue weighted by Gasteiger charge is 2.00. The first kappa shape index (κ1) is 10.6. The van der Waals surface area contributed by atoms with Gasteiger partial charge in [0.1, 0.15) is 5.82 Å². The van der Waals surface area contributed by atoms with Gasteiger partial charge in [0, 0.05) is 17.1 Å². The minimum Gasteiger partial charge on any atom is -0.380 e. The smallest absolute Gasteiger partial charge is 0.137 e. The molecule has 15 heavy (non-hydrogen) atoms. The molecule has 1 aromatic heterocycles. The summed E-state index contributed by atoms with van der Waals surface area (Å²) in [5.41, 5.74) is 0.914. The fourth-order valence-electron chi connectivity index (χ4n) is 1.21. The van der Waals surface area contributed by atoms with E-state index < -0.39 is 0 Å². The van der Waals surface area contributed by atoms with E-state index in [4.69, 9.17) is 0 Å². The van der Waals surface area contributed by atoms with Gasteiger partial charge in [0.2, 0.25) is 0 Å². The van der Waals surface area contributed by atoms with Gasteiger partial charge in [-0.05, 0) is 45.6 Å². The summed E-state index contributed by atoms with van der Waals surface area (Å²) < 4.78 is 13.4. The highest BCUT2D eigenvalue weighted by Crippen LogP contribution is 2.20. The summed E-state index contributed by atoms with van der Waals surface area (Å²) in [5, 5.41) is 5.27. The monoisotopic (exact) mass is 285 g/mol. The molecule has 0 atom stereocenters. The van der Waals surface area contributed by atoms with Crippen LogP contribution in [0.5, 0.6) is 0 Å². The molecule has 0 aliphatic rings. The van der Waals surface area contributed by atoms with E-state index in [0.717, 1.165) is 12.2 Å². The van der Waals surface area contributed by atoms with Gasteiger partial charge in [-0.3, -0.25) is 0 Å². The van der Waals surface area contributed by atoms with Crippen LogP contribution in [0.4, 0.5) is 10.1 Å². The van der Waals surface area contributed by atoms with Crippen LogP contribution >= 0.6 is 27.3 Å². The summed E-state index contributed by atoms with van der Waals surface area (Å²) in [5.74, 6) is -0.239. The van der Waals surface area contributed by atoms with E-state index in [2.05, 4.69) is 27.3 Å². The van der Waals surface area contributed by atoms with Gasteiger partial charge in [-0.15, -0.1) is 11.3 Å². The third-order valence-electron chi connectivity index (χ3n) is 1.97. The molecule has 2 rings (SSSR count). The van der Waals surface area contributed by atoms with Crippen molar-refractivity contribution in [3.8, 4) is 0 Å². The van der Waals surface area contributed by atoms with Crippen LogP contribution in [0, 0.1) is 5.82 Å². The zero-order valence-corrected chi connectivity index (χ0v) is 10.2. The van der Waals surface area contributed by atoms with E-state index in [1.54, 1.807) is 23.5 Å². The van der Waals surface area contributed by atoms with Crippen LogP contribution in [-0.2, 0) is 6.54 Å². The minimum atomic E-state index is -0.239. The first-order valence-electron chi connectivity index (χ1n) is 4.47. The van der Waals surface area contributed by atoms with Crippen molar-refractivity contribution in [3.63, 3.8) is 0 Å². The van der Waals surface area contributed by atoms with Crippen LogP contribution < -0.4 is 5.32 Å². The molecule has 0 fully saturated rings. The molecule has 4 heteroatoms. The molecule has 1 aromatic carbocycles. The Kier molecular flexibility index (Phi) is 3.38. The predicted octanol–water partition coefficient (Wildman–Crippen LogP) is 4.26. The highest BCUT2D eigenvalue weighted by atomic mass is 79.9. The zero-order valence-electron chi connectivity index (χ0n) is 7.84. The summed E-state index contributed by atoms with van der Waals surface area (Å²) in [6.45, 7) is 0.774. The molecule has 1 heterocycles. The summed E-state index contributed by atoms with van der Waals surface area (Å²) >= 11 is 4.85. The predicted molar refractivity (Wildman–Crippen MR) is 65.7 cm³/mol. The summed E-state index contributed by atoms with van der Waals surface area (Å²) in [6, 6.07) is 9.00. The number of anilines is 1. The van der Waals surface area contributed by atoms with Crippen molar-refractivity contribution in [2.75, 3.05) is 5.32 Å².